The highest BCUT2D eigenvalue weighted by Crippen LogP contribution is 2.13. The van der Waals surface area contributed by atoms with E-state index < -0.39 is 10.8 Å². The molecule has 88 valence electrons. The van der Waals surface area contributed by atoms with Crippen molar-refractivity contribution in [3.05, 3.63) is 17.5 Å². The van der Waals surface area contributed by atoms with Gasteiger partial charge in [0.25, 0.3) is 0 Å². The lowest BCUT2D eigenvalue weighted by molar-refractivity contribution is 0.427. The Kier molecular flexibility index (Phi) is 4.26. The van der Waals surface area contributed by atoms with Gasteiger partial charge in [0.15, 0.2) is 0 Å². The van der Waals surface area contributed by atoms with Crippen molar-refractivity contribution in [1.29, 1.82) is 0 Å². The van der Waals surface area contributed by atoms with Crippen LogP contribution in [-0.4, -0.2) is 32.5 Å². The highest BCUT2D eigenvalue weighted by Gasteiger charge is 2.17. The SMILES string of the molecule is O=[S@@](C[C@H]1CCCCN1)c1cc(Cl)ncn1. The van der Waals surface area contributed by atoms with Gasteiger partial charge in [-0.05, 0) is 19.4 Å². The van der Waals surface area contributed by atoms with Crippen LogP contribution in [0.25, 0.3) is 0 Å². The molecule has 0 aromatic carbocycles. The molecule has 2 heterocycles. The van der Waals surface area contributed by atoms with Crippen LogP contribution in [0.5, 0.6) is 0 Å². The lowest BCUT2D eigenvalue weighted by Crippen LogP contribution is -2.38. The summed E-state index contributed by atoms with van der Waals surface area (Å²) in [5.74, 6) is 0.605. The summed E-state index contributed by atoms with van der Waals surface area (Å²) in [6.07, 6.45) is 4.86. The Labute approximate surface area is 102 Å². The Hall–Kier alpha value is -0.520. The monoisotopic (exact) mass is 259 g/mol. The fraction of sp³-hybridized carbons (Fsp3) is 0.600. The van der Waals surface area contributed by atoms with Gasteiger partial charge in [0.05, 0.1) is 10.8 Å². The van der Waals surface area contributed by atoms with Crippen LogP contribution in [0.3, 0.4) is 0 Å². The van der Waals surface area contributed by atoms with E-state index in [0.29, 0.717) is 22.0 Å². The number of hydrogen-bond donors (Lipinski definition) is 1. The van der Waals surface area contributed by atoms with E-state index in [1.54, 1.807) is 6.07 Å². The minimum Gasteiger partial charge on any atom is -0.313 e. The Morgan fingerprint density at radius 2 is 2.38 bits per heavy atom. The van der Waals surface area contributed by atoms with Gasteiger partial charge in [-0.3, -0.25) is 4.21 Å². The van der Waals surface area contributed by atoms with Crippen LogP contribution in [-0.2, 0) is 10.8 Å². The van der Waals surface area contributed by atoms with Crippen LogP contribution < -0.4 is 5.32 Å². The highest BCUT2D eigenvalue weighted by atomic mass is 35.5. The summed E-state index contributed by atoms with van der Waals surface area (Å²) in [6, 6.07) is 1.91. The van der Waals surface area contributed by atoms with Gasteiger partial charge < -0.3 is 5.32 Å². The zero-order valence-electron chi connectivity index (χ0n) is 8.86. The molecule has 16 heavy (non-hydrogen) atoms. The Morgan fingerprint density at radius 3 is 3.06 bits per heavy atom. The molecule has 1 N–H and O–H groups in total. The van der Waals surface area contributed by atoms with Gasteiger partial charge in [-0.15, -0.1) is 0 Å². The molecule has 6 heteroatoms. The van der Waals surface area contributed by atoms with E-state index in [2.05, 4.69) is 15.3 Å². The van der Waals surface area contributed by atoms with Gasteiger partial charge >= 0.3 is 0 Å². The van der Waals surface area contributed by atoms with Crippen molar-refractivity contribution in [2.45, 2.75) is 30.3 Å². The number of rotatable bonds is 3. The maximum absolute atomic E-state index is 12.0. The first-order valence-electron chi connectivity index (χ1n) is 5.35. The molecule has 0 amide bonds. The van der Waals surface area contributed by atoms with Crippen LogP contribution in [0.4, 0.5) is 0 Å². The molecule has 4 nitrogen and oxygen atoms in total. The van der Waals surface area contributed by atoms with E-state index in [9.17, 15) is 4.21 Å². The summed E-state index contributed by atoms with van der Waals surface area (Å²) in [4.78, 5) is 7.75. The second-order valence-electron chi connectivity index (χ2n) is 3.84. The summed E-state index contributed by atoms with van der Waals surface area (Å²) in [5.41, 5.74) is 0. The zero-order valence-corrected chi connectivity index (χ0v) is 10.4. The van der Waals surface area contributed by atoms with Crippen LogP contribution in [0, 0.1) is 0 Å². The number of hydrogen-bond acceptors (Lipinski definition) is 4. The number of nitrogens with one attached hydrogen (secondary N) is 1. The molecule has 1 aromatic rings. The fourth-order valence-corrected chi connectivity index (χ4v) is 3.22. The van der Waals surface area contributed by atoms with E-state index in [4.69, 9.17) is 11.6 Å². The quantitative estimate of drug-likeness (QED) is 0.834. The van der Waals surface area contributed by atoms with E-state index in [-0.39, 0.29) is 0 Å². The first-order chi connectivity index (χ1) is 7.75. The first kappa shape index (κ1) is 12.0. The van der Waals surface area contributed by atoms with E-state index in [0.717, 1.165) is 13.0 Å². The molecule has 0 saturated carbocycles. The molecule has 1 aliphatic heterocycles. The molecular weight excluding hydrogens is 246 g/mol. The zero-order chi connectivity index (χ0) is 11.4. The lowest BCUT2D eigenvalue weighted by Gasteiger charge is -2.22. The number of piperidine rings is 1. The summed E-state index contributed by atoms with van der Waals surface area (Å²) < 4.78 is 12.0. The third-order valence-electron chi connectivity index (χ3n) is 2.61. The van der Waals surface area contributed by atoms with Crippen molar-refractivity contribution >= 4 is 22.4 Å². The normalized spacial score (nSPS) is 22.9. The molecular formula is C10H14ClN3OS. The Bertz CT molecular complexity index is 382. The molecule has 1 aliphatic rings. The molecule has 0 unspecified atom stereocenters. The largest absolute Gasteiger partial charge is 0.313 e. The smallest absolute Gasteiger partial charge is 0.133 e. The van der Waals surface area contributed by atoms with Gasteiger partial charge in [0.2, 0.25) is 0 Å². The minimum atomic E-state index is -1.09. The van der Waals surface area contributed by atoms with Gasteiger partial charge in [0.1, 0.15) is 16.5 Å². The maximum Gasteiger partial charge on any atom is 0.133 e. The van der Waals surface area contributed by atoms with Crippen LogP contribution in [0.15, 0.2) is 17.4 Å². The predicted octanol–water partition coefficient (Wildman–Crippen LogP) is 1.38. The second kappa shape index (κ2) is 5.70. The molecule has 0 bridgehead atoms. The number of nitrogens with zero attached hydrogens (tertiary/aromatic N) is 2. The van der Waals surface area contributed by atoms with Crippen molar-refractivity contribution in [1.82, 2.24) is 15.3 Å². The van der Waals surface area contributed by atoms with Crippen LogP contribution >= 0.6 is 11.6 Å². The van der Waals surface area contributed by atoms with E-state index >= 15 is 0 Å². The molecule has 2 rings (SSSR count). The first-order valence-corrected chi connectivity index (χ1v) is 7.05. The predicted molar refractivity (Wildman–Crippen MR) is 64.0 cm³/mol. The number of halogens is 1. The van der Waals surface area contributed by atoms with Crippen LogP contribution in [0.1, 0.15) is 19.3 Å². The Morgan fingerprint density at radius 1 is 1.50 bits per heavy atom. The highest BCUT2D eigenvalue weighted by molar-refractivity contribution is 7.85. The molecule has 0 spiro atoms. The van der Waals surface area contributed by atoms with Crippen LogP contribution in [0.2, 0.25) is 5.15 Å². The minimum absolute atomic E-state index is 0.336. The van der Waals surface area contributed by atoms with Crippen molar-refractivity contribution in [3.8, 4) is 0 Å². The van der Waals surface area contributed by atoms with Crippen molar-refractivity contribution < 1.29 is 4.21 Å². The maximum atomic E-state index is 12.0. The second-order valence-corrected chi connectivity index (χ2v) is 5.67. The Balaban J connectivity index is 1.97. The van der Waals surface area contributed by atoms with Crippen molar-refractivity contribution in [3.63, 3.8) is 0 Å². The van der Waals surface area contributed by atoms with E-state index in [1.807, 2.05) is 0 Å². The summed E-state index contributed by atoms with van der Waals surface area (Å²) in [7, 11) is -1.09. The third-order valence-corrected chi connectivity index (χ3v) is 4.21. The lowest BCUT2D eigenvalue weighted by atomic mass is 10.1. The van der Waals surface area contributed by atoms with Crippen molar-refractivity contribution in [2.75, 3.05) is 12.3 Å². The fourth-order valence-electron chi connectivity index (χ4n) is 1.78. The molecule has 1 saturated heterocycles. The molecule has 1 aromatic heterocycles. The topological polar surface area (TPSA) is 54.9 Å². The van der Waals surface area contributed by atoms with E-state index in [1.165, 1.54) is 19.2 Å². The van der Waals surface area contributed by atoms with Crippen molar-refractivity contribution in [2.24, 2.45) is 0 Å². The molecule has 2 atom stereocenters. The summed E-state index contributed by atoms with van der Waals surface area (Å²) >= 11 is 5.73. The number of aromatic nitrogens is 2. The van der Waals surface area contributed by atoms with Gasteiger partial charge in [0, 0.05) is 17.9 Å². The average Bonchev–Trinajstić information content (AvgIpc) is 2.30. The molecule has 1 fully saturated rings. The van der Waals surface area contributed by atoms with Gasteiger partial charge in [-0.1, -0.05) is 18.0 Å². The standard InChI is InChI=1S/C10H14ClN3OS/c11-9-5-10(14-7-13-9)16(15)6-8-3-1-2-4-12-8/h5,7-8,12H,1-4,6H2/t8-,16+/m1/s1. The van der Waals surface area contributed by atoms with Gasteiger partial charge in [-0.2, -0.15) is 0 Å². The average molecular weight is 260 g/mol. The molecule has 0 aliphatic carbocycles. The summed E-state index contributed by atoms with van der Waals surface area (Å²) in [6.45, 7) is 1.02. The van der Waals surface area contributed by atoms with Gasteiger partial charge in [-0.25, -0.2) is 9.97 Å². The molecule has 0 radical (unpaired) electrons. The third kappa shape index (κ3) is 3.23. The summed E-state index contributed by atoms with van der Waals surface area (Å²) in [5, 5.41) is 4.23.